The van der Waals surface area contributed by atoms with E-state index in [1.54, 1.807) is 19.2 Å². The number of rotatable bonds is 10. The molecule has 0 unspecified atom stereocenters. The third-order valence-corrected chi connectivity index (χ3v) is 8.87. The van der Waals surface area contributed by atoms with Gasteiger partial charge in [-0.2, -0.15) is 0 Å². The zero-order valence-electron chi connectivity index (χ0n) is 22.1. The summed E-state index contributed by atoms with van der Waals surface area (Å²) in [6.45, 7) is 3.18. The SMILES string of the molecule is CN(Cc1cccc2c1CC[C@H]1[C@@H]2CCN1CCCCCNC(=O)c1ccc(S(C)(=O)=O)cc1)C(=O)O.Cl. The average Bonchev–Trinajstić information content (AvgIpc) is 3.29. The summed E-state index contributed by atoms with van der Waals surface area (Å²) < 4.78 is 23.1. The fourth-order valence-corrected chi connectivity index (χ4v) is 6.42. The molecular formula is C28H38ClN3O5S. The molecule has 2 atom stereocenters. The van der Waals surface area contributed by atoms with E-state index < -0.39 is 15.9 Å². The van der Waals surface area contributed by atoms with Crippen LogP contribution in [-0.2, 0) is 22.8 Å². The number of carbonyl (C=O) groups excluding carboxylic acids is 1. The number of halogens is 1. The predicted molar refractivity (Wildman–Crippen MR) is 150 cm³/mol. The normalized spacial score (nSPS) is 18.7. The number of carboxylic acid groups (broad SMARTS) is 1. The molecule has 4 rings (SSSR count). The zero-order valence-corrected chi connectivity index (χ0v) is 23.7. The van der Waals surface area contributed by atoms with E-state index in [0.29, 0.717) is 30.6 Å². The molecule has 0 radical (unpaired) electrons. The van der Waals surface area contributed by atoms with Crippen molar-refractivity contribution < 1.29 is 23.1 Å². The third-order valence-electron chi connectivity index (χ3n) is 7.75. The second-order valence-electron chi connectivity index (χ2n) is 10.3. The fourth-order valence-electron chi connectivity index (χ4n) is 5.79. The highest BCUT2D eigenvalue weighted by Gasteiger charge is 2.38. The van der Waals surface area contributed by atoms with Gasteiger partial charge in [-0.1, -0.05) is 24.6 Å². The third kappa shape index (κ3) is 7.07. The summed E-state index contributed by atoms with van der Waals surface area (Å²) in [5.74, 6) is 0.337. The van der Waals surface area contributed by atoms with Crippen LogP contribution in [0, 0.1) is 0 Å². The Labute approximate surface area is 231 Å². The number of sulfone groups is 1. The van der Waals surface area contributed by atoms with Gasteiger partial charge in [0.05, 0.1) is 4.90 Å². The van der Waals surface area contributed by atoms with Gasteiger partial charge in [0.25, 0.3) is 5.91 Å². The van der Waals surface area contributed by atoms with Crippen molar-refractivity contribution in [2.24, 2.45) is 0 Å². The number of fused-ring (bicyclic) bond motifs is 3. The summed E-state index contributed by atoms with van der Waals surface area (Å²) >= 11 is 0. The van der Waals surface area contributed by atoms with Crippen LogP contribution in [-0.4, -0.2) is 74.3 Å². The van der Waals surface area contributed by atoms with Crippen LogP contribution < -0.4 is 5.32 Å². The van der Waals surface area contributed by atoms with E-state index >= 15 is 0 Å². The van der Waals surface area contributed by atoms with Gasteiger partial charge < -0.3 is 15.3 Å². The molecule has 10 heteroatoms. The van der Waals surface area contributed by atoms with E-state index in [1.165, 1.54) is 28.2 Å². The van der Waals surface area contributed by atoms with Crippen molar-refractivity contribution >= 4 is 34.2 Å². The first-order valence-corrected chi connectivity index (χ1v) is 14.9. The van der Waals surface area contributed by atoms with Gasteiger partial charge in [0.1, 0.15) is 0 Å². The Balaban J connectivity index is 0.00000400. The van der Waals surface area contributed by atoms with Crippen LogP contribution in [0.4, 0.5) is 4.79 Å². The highest BCUT2D eigenvalue weighted by molar-refractivity contribution is 7.90. The van der Waals surface area contributed by atoms with Crippen LogP contribution in [0.1, 0.15) is 65.1 Å². The molecule has 2 amide bonds. The van der Waals surface area contributed by atoms with Gasteiger partial charge in [0.15, 0.2) is 9.84 Å². The summed E-state index contributed by atoms with van der Waals surface area (Å²) in [6.07, 6.45) is 6.51. The summed E-state index contributed by atoms with van der Waals surface area (Å²) in [5.41, 5.74) is 4.35. The van der Waals surface area contributed by atoms with E-state index in [0.717, 1.165) is 63.4 Å². The molecule has 1 aliphatic heterocycles. The number of benzene rings is 2. The molecule has 2 aromatic rings. The van der Waals surface area contributed by atoms with E-state index in [-0.39, 0.29) is 23.2 Å². The second kappa shape index (κ2) is 13.0. The van der Waals surface area contributed by atoms with Crippen molar-refractivity contribution in [2.45, 2.75) is 61.9 Å². The van der Waals surface area contributed by atoms with Gasteiger partial charge in [0.2, 0.25) is 0 Å². The molecule has 2 aromatic carbocycles. The van der Waals surface area contributed by atoms with E-state index in [4.69, 9.17) is 0 Å². The van der Waals surface area contributed by atoms with Crippen molar-refractivity contribution in [1.29, 1.82) is 0 Å². The van der Waals surface area contributed by atoms with Crippen LogP contribution >= 0.6 is 12.4 Å². The number of unbranched alkanes of at least 4 members (excludes halogenated alkanes) is 2. The molecule has 208 valence electrons. The Morgan fingerprint density at radius 3 is 2.50 bits per heavy atom. The number of nitrogens with one attached hydrogen (secondary N) is 1. The van der Waals surface area contributed by atoms with E-state index in [1.807, 2.05) is 0 Å². The molecule has 0 saturated carbocycles. The van der Waals surface area contributed by atoms with E-state index in [2.05, 4.69) is 28.4 Å². The lowest BCUT2D eigenvalue weighted by atomic mass is 9.77. The Morgan fingerprint density at radius 2 is 1.82 bits per heavy atom. The maximum absolute atomic E-state index is 12.3. The van der Waals surface area contributed by atoms with Gasteiger partial charge in [-0.25, -0.2) is 13.2 Å². The van der Waals surface area contributed by atoms with Crippen LogP contribution in [0.3, 0.4) is 0 Å². The minimum atomic E-state index is -3.27. The zero-order chi connectivity index (χ0) is 26.6. The van der Waals surface area contributed by atoms with Crippen molar-refractivity contribution in [3.8, 4) is 0 Å². The van der Waals surface area contributed by atoms with E-state index in [9.17, 15) is 23.1 Å². The van der Waals surface area contributed by atoms with Crippen molar-refractivity contribution in [3.63, 3.8) is 0 Å². The molecule has 0 aromatic heterocycles. The number of likely N-dealkylation sites (tertiary alicyclic amines) is 1. The molecule has 0 bridgehead atoms. The highest BCUT2D eigenvalue weighted by Crippen LogP contribution is 2.42. The first kappa shape index (κ1) is 29.9. The molecule has 38 heavy (non-hydrogen) atoms. The minimum absolute atomic E-state index is 0. The van der Waals surface area contributed by atoms with Gasteiger partial charge in [-0.15, -0.1) is 12.4 Å². The minimum Gasteiger partial charge on any atom is -0.465 e. The lowest BCUT2D eigenvalue weighted by molar-refractivity contribution is 0.0952. The smallest absolute Gasteiger partial charge is 0.407 e. The Bertz CT molecular complexity index is 1240. The number of hydrogen-bond acceptors (Lipinski definition) is 5. The van der Waals surface area contributed by atoms with Crippen LogP contribution in [0.25, 0.3) is 0 Å². The predicted octanol–water partition coefficient (Wildman–Crippen LogP) is 4.33. The number of amides is 2. The number of carbonyl (C=O) groups is 2. The number of nitrogens with zero attached hydrogens (tertiary/aromatic N) is 2. The van der Waals surface area contributed by atoms with Crippen LogP contribution in [0.2, 0.25) is 0 Å². The summed E-state index contributed by atoms with van der Waals surface area (Å²) in [4.78, 5) is 27.8. The molecule has 2 aliphatic rings. The van der Waals surface area contributed by atoms with Crippen molar-refractivity contribution in [3.05, 3.63) is 64.7 Å². The summed E-state index contributed by atoms with van der Waals surface area (Å²) in [5, 5.41) is 12.2. The monoisotopic (exact) mass is 563 g/mol. The molecule has 1 fully saturated rings. The quantitative estimate of drug-likeness (QED) is 0.417. The second-order valence-corrected chi connectivity index (χ2v) is 12.3. The van der Waals surface area contributed by atoms with Gasteiger partial charge in [-0.05, 0) is 86.1 Å². The van der Waals surface area contributed by atoms with Gasteiger partial charge in [-0.3, -0.25) is 9.69 Å². The standard InChI is InChI=1S/C28H37N3O5S.ClH/c1-30(28(33)34)19-21-7-6-8-24-23(21)13-14-26-25(24)15-18-31(26)17-5-3-4-16-29-27(32)20-9-11-22(12-10-20)37(2,35)36;/h6-12,25-26H,3-5,13-19H2,1-2H3,(H,29,32)(H,33,34);1H/t25-,26+;/m1./s1. The summed E-state index contributed by atoms with van der Waals surface area (Å²) in [6, 6.07) is 12.9. The molecule has 1 saturated heterocycles. The largest absolute Gasteiger partial charge is 0.465 e. The maximum atomic E-state index is 12.3. The van der Waals surface area contributed by atoms with Gasteiger partial charge >= 0.3 is 6.09 Å². The van der Waals surface area contributed by atoms with Crippen LogP contribution in [0.5, 0.6) is 0 Å². The first-order chi connectivity index (χ1) is 17.6. The van der Waals surface area contributed by atoms with Gasteiger partial charge in [0, 0.05) is 43.9 Å². The highest BCUT2D eigenvalue weighted by atomic mass is 35.5. The maximum Gasteiger partial charge on any atom is 0.407 e. The molecular weight excluding hydrogens is 526 g/mol. The molecule has 8 nitrogen and oxygen atoms in total. The number of hydrogen-bond donors (Lipinski definition) is 2. The topological polar surface area (TPSA) is 107 Å². The first-order valence-electron chi connectivity index (χ1n) is 13.0. The Kier molecular flexibility index (Phi) is 10.2. The average molecular weight is 564 g/mol. The van der Waals surface area contributed by atoms with Crippen molar-refractivity contribution in [1.82, 2.24) is 15.1 Å². The molecule has 1 aliphatic carbocycles. The lowest BCUT2D eigenvalue weighted by Gasteiger charge is -2.34. The lowest BCUT2D eigenvalue weighted by Crippen LogP contribution is -2.36. The fraction of sp³-hybridized carbons (Fsp3) is 0.500. The Hall–Kier alpha value is -2.62. The van der Waals surface area contributed by atoms with Crippen LogP contribution in [0.15, 0.2) is 47.4 Å². The molecule has 2 N–H and O–H groups in total. The summed E-state index contributed by atoms with van der Waals surface area (Å²) in [7, 11) is -1.65. The Morgan fingerprint density at radius 1 is 1.08 bits per heavy atom. The molecule has 1 heterocycles. The van der Waals surface area contributed by atoms with Crippen molar-refractivity contribution in [2.75, 3.05) is 32.9 Å². The molecule has 0 spiro atoms.